The van der Waals surface area contributed by atoms with Gasteiger partial charge in [0.1, 0.15) is 11.4 Å². The molecule has 196 valence electrons. The Labute approximate surface area is 217 Å². The highest BCUT2D eigenvalue weighted by molar-refractivity contribution is 6.09. The van der Waals surface area contributed by atoms with Crippen molar-refractivity contribution in [3.05, 3.63) is 75.8 Å². The molecule has 1 saturated carbocycles. The molecule has 1 spiro atoms. The number of halogens is 2. The molecule has 10 heteroatoms. The Kier molecular flexibility index (Phi) is 5.59. The van der Waals surface area contributed by atoms with Crippen molar-refractivity contribution in [3.63, 3.8) is 0 Å². The standard InChI is InChI=1S/C28H28F2N6O2/c1-16(2)35-22-9-7-20(26(24(22)17(3)32-35)34-14-13-28(15-34)11-12-28)31-27(38)21-8-10-23(37)36(33-21)25-18(29)5-4-6-19(25)30/h4-10,16H,11-15H2,1-3H3,(H,31,38). The third-order valence-electron chi connectivity index (χ3n) is 7.65. The number of aryl methyl sites for hydroxylation is 1. The van der Waals surface area contributed by atoms with Gasteiger partial charge in [0.05, 0.1) is 22.6 Å². The van der Waals surface area contributed by atoms with E-state index in [9.17, 15) is 18.4 Å². The fourth-order valence-electron chi connectivity index (χ4n) is 5.50. The lowest BCUT2D eigenvalue weighted by atomic mass is 10.1. The lowest BCUT2D eigenvalue weighted by Gasteiger charge is -2.24. The maximum Gasteiger partial charge on any atom is 0.276 e. The summed E-state index contributed by atoms with van der Waals surface area (Å²) in [7, 11) is 0. The zero-order chi connectivity index (χ0) is 26.8. The summed E-state index contributed by atoms with van der Waals surface area (Å²) in [6.45, 7) is 7.92. The van der Waals surface area contributed by atoms with Crippen LogP contribution in [0.5, 0.6) is 0 Å². The molecule has 1 amide bonds. The maximum absolute atomic E-state index is 14.4. The number of aromatic nitrogens is 4. The summed E-state index contributed by atoms with van der Waals surface area (Å²) in [5, 5.41) is 12.7. The molecular weight excluding hydrogens is 490 g/mol. The summed E-state index contributed by atoms with van der Waals surface area (Å²) < 4.78 is 31.3. The number of carbonyl (C=O) groups is 1. The van der Waals surface area contributed by atoms with Crippen LogP contribution in [0.3, 0.4) is 0 Å². The van der Waals surface area contributed by atoms with E-state index < -0.39 is 28.8 Å². The van der Waals surface area contributed by atoms with Crippen LogP contribution in [0.1, 0.15) is 55.3 Å². The third kappa shape index (κ3) is 3.95. The van der Waals surface area contributed by atoms with E-state index in [1.54, 1.807) is 0 Å². The van der Waals surface area contributed by atoms with Crippen LogP contribution >= 0.6 is 0 Å². The first-order valence-electron chi connectivity index (χ1n) is 12.8. The first-order chi connectivity index (χ1) is 18.2. The van der Waals surface area contributed by atoms with Crippen molar-refractivity contribution in [3.8, 4) is 5.69 Å². The van der Waals surface area contributed by atoms with Gasteiger partial charge in [-0.1, -0.05) is 6.07 Å². The highest BCUT2D eigenvalue weighted by Gasteiger charge is 2.48. The zero-order valence-electron chi connectivity index (χ0n) is 21.5. The van der Waals surface area contributed by atoms with E-state index in [1.807, 2.05) is 23.7 Å². The molecule has 0 bridgehead atoms. The summed E-state index contributed by atoms with van der Waals surface area (Å²) in [6.07, 6.45) is 3.53. The number of amides is 1. The summed E-state index contributed by atoms with van der Waals surface area (Å²) in [6, 6.07) is 9.55. The fourth-order valence-corrected chi connectivity index (χ4v) is 5.50. The number of rotatable bonds is 5. The number of nitrogens with zero attached hydrogens (tertiary/aromatic N) is 5. The van der Waals surface area contributed by atoms with Gasteiger partial charge in [-0.05, 0) is 75.8 Å². The highest BCUT2D eigenvalue weighted by atomic mass is 19.1. The van der Waals surface area contributed by atoms with Gasteiger partial charge in [0.15, 0.2) is 11.6 Å². The summed E-state index contributed by atoms with van der Waals surface area (Å²) in [5.41, 5.74) is 2.21. The van der Waals surface area contributed by atoms with Gasteiger partial charge >= 0.3 is 0 Å². The number of anilines is 2. The maximum atomic E-state index is 14.4. The third-order valence-corrected chi connectivity index (χ3v) is 7.65. The number of fused-ring (bicyclic) bond motifs is 1. The van der Waals surface area contributed by atoms with Crippen molar-refractivity contribution in [1.82, 2.24) is 19.6 Å². The first-order valence-corrected chi connectivity index (χ1v) is 12.8. The van der Waals surface area contributed by atoms with Gasteiger partial charge in [-0.25, -0.2) is 8.78 Å². The molecule has 38 heavy (non-hydrogen) atoms. The van der Waals surface area contributed by atoms with Gasteiger partial charge < -0.3 is 10.2 Å². The fraction of sp³-hybridized carbons (Fsp3) is 0.357. The van der Waals surface area contributed by atoms with E-state index in [-0.39, 0.29) is 11.7 Å². The molecular formula is C28H28F2N6O2. The number of nitrogens with one attached hydrogen (secondary N) is 1. The van der Waals surface area contributed by atoms with Crippen LogP contribution in [-0.2, 0) is 0 Å². The number of benzene rings is 2. The number of para-hydroxylation sites is 1. The molecule has 1 saturated heterocycles. The van der Waals surface area contributed by atoms with Crippen LogP contribution < -0.4 is 15.8 Å². The molecule has 3 heterocycles. The summed E-state index contributed by atoms with van der Waals surface area (Å²) >= 11 is 0. The SMILES string of the molecule is Cc1nn(C(C)C)c2ccc(NC(=O)c3ccc(=O)n(-c4c(F)cccc4F)n3)c(N3CCC4(CC4)C3)c12. The first kappa shape index (κ1) is 24.3. The van der Waals surface area contributed by atoms with Gasteiger partial charge in [0.2, 0.25) is 0 Å². The smallest absolute Gasteiger partial charge is 0.276 e. The van der Waals surface area contributed by atoms with Crippen LogP contribution in [0.15, 0.2) is 47.3 Å². The molecule has 8 nitrogen and oxygen atoms in total. The van der Waals surface area contributed by atoms with Crippen LogP contribution in [0, 0.1) is 24.0 Å². The van der Waals surface area contributed by atoms with Crippen molar-refractivity contribution >= 4 is 28.2 Å². The van der Waals surface area contributed by atoms with E-state index >= 15 is 0 Å². The van der Waals surface area contributed by atoms with E-state index in [1.165, 1.54) is 25.0 Å². The van der Waals surface area contributed by atoms with Gasteiger partial charge in [-0.3, -0.25) is 14.3 Å². The molecule has 2 aliphatic rings. The second-order valence-corrected chi connectivity index (χ2v) is 10.6. The van der Waals surface area contributed by atoms with Crippen molar-refractivity contribution in [2.24, 2.45) is 5.41 Å². The van der Waals surface area contributed by atoms with Crippen molar-refractivity contribution in [1.29, 1.82) is 0 Å². The van der Waals surface area contributed by atoms with E-state index in [2.05, 4.69) is 29.2 Å². The minimum atomic E-state index is -0.953. The lowest BCUT2D eigenvalue weighted by Crippen LogP contribution is -2.27. The van der Waals surface area contributed by atoms with E-state index in [0.717, 1.165) is 60.0 Å². The van der Waals surface area contributed by atoms with Crippen molar-refractivity contribution in [2.45, 2.75) is 46.1 Å². The Morgan fingerprint density at radius 3 is 2.39 bits per heavy atom. The van der Waals surface area contributed by atoms with Crippen molar-refractivity contribution in [2.75, 3.05) is 23.3 Å². The second-order valence-electron chi connectivity index (χ2n) is 10.6. The molecule has 2 fully saturated rings. The Morgan fingerprint density at radius 2 is 1.74 bits per heavy atom. The van der Waals surface area contributed by atoms with Gasteiger partial charge in [-0.2, -0.15) is 14.9 Å². The molecule has 1 aliphatic carbocycles. The van der Waals surface area contributed by atoms with Crippen LogP contribution in [0.25, 0.3) is 16.6 Å². The van der Waals surface area contributed by atoms with Crippen LogP contribution in [-0.4, -0.2) is 38.6 Å². The Hall–Kier alpha value is -4.08. The number of hydrogen-bond acceptors (Lipinski definition) is 5. The van der Waals surface area contributed by atoms with Gasteiger partial charge in [-0.15, -0.1) is 0 Å². The molecule has 0 unspecified atom stereocenters. The van der Waals surface area contributed by atoms with E-state index in [0.29, 0.717) is 15.8 Å². The quantitative estimate of drug-likeness (QED) is 0.402. The minimum Gasteiger partial charge on any atom is -0.369 e. The van der Waals surface area contributed by atoms with Gasteiger partial charge in [0, 0.05) is 30.6 Å². The molecule has 2 aromatic heterocycles. The van der Waals surface area contributed by atoms with E-state index in [4.69, 9.17) is 5.10 Å². The molecule has 4 aromatic rings. The largest absolute Gasteiger partial charge is 0.369 e. The Balaban J connectivity index is 1.42. The summed E-state index contributed by atoms with van der Waals surface area (Å²) in [5.74, 6) is -2.50. The monoisotopic (exact) mass is 518 g/mol. The number of carbonyl (C=O) groups excluding carboxylic acids is 1. The molecule has 2 aromatic carbocycles. The molecule has 0 atom stereocenters. The average Bonchev–Trinajstić information content (AvgIpc) is 3.37. The predicted molar refractivity (Wildman–Crippen MR) is 141 cm³/mol. The van der Waals surface area contributed by atoms with Crippen molar-refractivity contribution < 1.29 is 13.6 Å². The van der Waals surface area contributed by atoms with Crippen LogP contribution in [0.4, 0.5) is 20.2 Å². The molecule has 1 N–H and O–H groups in total. The lowest BCUT2D eigenvalue weighted by molar-refractivity contribution is 0.102. The zero-order valence-corrected chi connectivity index (χ0v) is 21.5. The predicted octanol–water partition coefficient (Wildman–Crippen LogP) is 4.99. The molecule has 1 aliphatic heterocycles. The number of hydrogen-bond donors (Lipinski definition) is 1. The topological polar surface area (TPSA) is 85.0 Å². The Bertz CT molecular complexity index is 1630. The van der Waals surface area contributed by atoms with Crippen LogP contribution in [0.2, 0.25) is 0 Å². The minimum absolute atomic E-state index is 0.145. The molecule has 0 radical (unpaired) electrons. The van der Waals surface area contributed by atoms with Gasteiger partial charge in [0.25, 0.3) is 11.5 Å². The second kappa shape index (κ2) is 8.75. The molecule has 6 rings (SSSR count). The summed E-state index contributed by atoms with van der Waals surface area (Å²) in [4.78, 5) is 28.1. The normalized spacial score (nSPS) is 16.1. The average molecular weight is 519 g/mol. The highest BCUT2D eigenvalue weighted by Crippen LogP contribution is 2.54. The Morgan fingerprint density at radius 1 is 1.00 bits per heavy atom.